The molecule has 1 aliphatic rings. The van der Waals surface area contributed by atoms with Crippen LogP contribution in [0.3, 0.4) is 0 Å². The van der Waals surface area contributed by atoms with Crippen molar-refractivity contribution in [2.75, 3.05) is 7.11 Å². The molecule has 1 heterocycles. The van der Waals surface area contributed by atoms with Gasteiger partial charge in [-0.1, -0.05) is 18.2 Å². The predicted octanol–water partition coefficient (Wildman–Crippen LogP) is 3.18. The zero-order chi connectivity index (χ0) is 14.8. The van der Waals surface area contributed by atoms with Gasteiger partial charge in [-0.25, -0.2) is 4.79 Å². The van der Waals surface area contributed by atoms with Crippen molar-refractivity contribution < 1.29 is 19.1 Å². The number of cyclic esters (lactones) is 1. The zero-order valence-corrected chi connectivity index (χ0v) is 11.5. The van der Waals surface area contributed by atoms with Gasteiger partial charge in [0.05, 0.1) is 19.1 Å². The standard InChI is InChI=1S/C17H14O4/c1-20-12-8-6-11(7-9-12)15(18)10-16-13-4-2-3-5-14(13)17(19)21-16/h2-9,16H,10H2,1H3/t16-/m0/s1. The summed E-state index contributed by atoms with van der Waals surface area (Å²) in [7, 11) is 1.58. The van der Waals surface area contributed by atoms with Crippen LogP contribution >= 0.6 is 0 Å². The Labute approximate surface area is 122 Å². The zero-order valence-electron chi connectivity index (χ0n) is 11.5. The summed E-state index contributed by atoms with van der Waals surface area (Å²) in [5, 5.41) is 0. The fourth-order valence-corrected chi connectivity index (χ4v) is 2.43. The highest BCUT2D eigenvalue weighted by atomic mass is 16.5. The molecule has 0 bridgehead atoms. The third-order valence-electron chi connectivity index (χ3n) is 3.56. The average molecular weight is 282 g/mol. The van der Waals surface area contributed by atoms with Gasteiger partial charge in [0, 0.05) is 11.1 Å². The molecule has 0 saturated carbocycles. The Morgan fingerprint density at radius 1 is 1.14 bits per heavy atom. The Kier molecular flexibility index (Phi) is 3.44. The van der Waals surface area contributed by atoms with E-state index in [1.807, 2.05) is 12.1 Å². The molecule has 0 unspecified atom stereocenters. The second-order valence-corrected chi connectivity index (χ2v) is 4.84. The monoisotopic (exact) mass is 282 g/mol. The van der Waals surface area contributed by atoms with Crippen molar-refractivity contribution in [3.8, 4) is 5.75 Å². The fourth-order valence-electron chi connectivity index (χ4n) is 2.43. The Hall–Kier alpha value is -2.62. The van der Waals surface area contributed by atoms with Gasteiger partial charge in [0.1, 0.15) is 11.9 Å². The first-order valence-electron chi connectivity index (χ1n) is 6.66. The van der Waals surface area contributed by atoms with Crippen molar-refractivity contribution in [2.24, 2.45) is 0 Å². The molecule has 1 aliphatic heterocycles. The van der Waals surface area contributed by atoms with E-state index in [1.54, 1.807) is 43.5 Å². The van der Waals surface area contributed by atoms with Crippen LogP contribution in [0.25, 0.3) is 0 Å². The van der Waals surface area contributed by atoms with Crippen LogP contribution in [0, 0.1) is 0 Å². The number of carbonyl (C=O) groups excluding carboxylic acids is 2. The molecular weight excluding hydrogens is 268 g/mol. The van der Waals surface area contributed by atoms with Gasteiger partial charge in [-0.05, 0) is 30.3 Å². The third kappa shape index (κ3) is 2.52. The van der Waals surface area contributed by atoms with Crippen molar-refractivity contribution >= 4 is 11.8 Å². The molecule has 0 spiro atoms. The molecule has 0 saturated heterocycles. The van der Waals surface area contributed by atoms with E-state index >= 15 is 0 Å². The minimum atomic E-state index is -0.497. The lowest BCUT2D eigenvalue weighted by Gasteiger charge is -2.10. The molecular formula is C17H14O4. The van der Waals surface area contributed by atoms with Crippen LogP contribution in [-0.4, -0.2) is 18.9 Å². The minimum Gasteiger partial charge on any atom is -0.497 e. The molecule has 0 radical (unpaired) electrons. The maximum absolute atomic E-state index is 12.3. The number of ether oxygens (including phenoxy) is 2. The largest absolute Gasteiger partial charge is 0.497 e. The van der Waals surface area contributed by atoms with E-state index < -0.39 is 6.10 Å². The highest BCUT2D eigenvalue weighted by Crippen LogP contribution is 2.33. The Morgan fingerprint density at radius 2 is 1.86 bits per heavy atom. The van der Waals surface area contributed by atoms with E-state index in [-0.39, 0.29) is 18.2 Å². The van der Waals surface area contributed by atoms with Crippen LogP contribution in [0.2, 0.25) is 0 Å². The minimum absolute atomic E-state index is 0.0628. The highest BCUT2D eigenvalue weighted by Gasteiger charge is 2.32. The fraction of sp³-hybridized carbons (Fsp3) is 0.176. The summed E-state index contributed by atoms with van der Waals surface area (Å²) in [6.45, 7) is 0. The van der Waals surface area contributed by atoms with E-state index in [4.69, 9.17) is 9.47 Å². The summed E-state index contributed by atoms with van der Waals surface area (Å²) in [4.78, 5) is 24.0. The van der Waals surface area contributed by atoms with Crippen LogP contribution in [-0.2, 0) is 4.74 Å². The number of hydrogen-bond acceptors (Lipinski definition) is 4. The number of Topliss-reactive ketones (excluding diaryl/α,β-unsaturated/α-hetero) is 1. The number of ketones is 1. The number of rotatable bonds is 4. The lowest BCUT2D eigenvalue weighted by atomic mass is 9.98. The van der Waals surface area contributed by atoms with Crippen molar-refractivity contribution in [3.05, 3.63) is 65.2 Å². The van der Waals surface area contributed by atoms with E-state index in [9.17, 15) is 9.59 Å². The summed E-state index contributed by atoms with van der Waals surface area (Å²) in [5.74, 6) is 0.273. The molecule has 0 N–H and O–H groups in total. The second kappa shape index (κ2) is 5.40. The van der Waals surface area contributed by atoms with E-state index in [1.165, 1.54) is 0 Å². The molecule has 4 heteroatoms. The highest BCUT2D eigenvalue weighted by molar-refractivity contribution is 5.99. The first kappa shape index (κ1) is 13.4. The van der Waals surface area contributed by atoms with Gasteiger partial charge in [0.2, 0.25) is 0 Å². The second-order valence-electron chi connectivity index (χ2n) is 4.84. The van der Waals surface area contributed by atoms with Gasteiger partial charge < -0.3 is 9.47 Å². The summed E-state index contributed by atoms with van der Waals surface area (Å²) in [6, 6.07) is 14.1. The third-order valence-corrected chi connectivity index (χ3v) is 3.56. The first-order chi connectivity index (χ1) is 10.2. The quantitative estimate of drug-likeness (QED) is 0.638. The molecule has 2 aromatic rings. The summed E-state index contributed by atoms with van der Waals surface area (Å²) < 4.78 is 10.3. The number of esters is 1. The predicted molar refractivity (Wildman–Crippen MR) is 76.5 cm³/mol. The Bertz CT molecular complexity index is 688. The maximum Gasteiger partial charge on any atom is 0.339 e. The molecule has 1 atom stereocenters. The van der Waals surface area contributed by atoms with Crippen LogP contribution in [0.4, 0.5) is 0 Å². The van der Waals surface area contributed by atoms with Crippen LogP contribution in [0.1, 0.15) is 38.8 Å². The summed E-state index contributed by atoms with van der Waals surface area (Å²) >= 11 is 0. The lowest BCUT2D eigenvalue weighted by Crippen LogP contribution is -2.07. The van der Waals surface area contributed by atoms with Crippen LogP contribution in [0.5, 0.6) is 5.75 Å². The molecule has 106 valence electrons. The number of fused-ring (bicyclic) bond motifs is 1. The van der Waals surface area contributed by atoms with Gasteiger partial charge in [-0.3, -0.25) is 4.79 Å². The van der Waals surface area contributed by atoms with Gasteiger partial charge in [-0.2, -0.15) is 0 Å². The number of methoxy groups -OCH3 is 1. The normalized spacial score (nSPS) is 16.2. The number of carbonyl (C=O) groups is 2. The lowest BCUT2D eigenvalue weighted by molar-refractivity contribution is 0.0367. The smallest absolute Gasteiger partial charge is 0.339 e. The van der Waals surface area contributed by atoms with Crippen LogP contribution in [0.15, 0.2) is 48.5 Å². The molecule has 21 heavy (non-hydrogen) atoms. The molecule has 0 amide bonds. The maximum atomic E-state index is 12.3. The Balaban J connectivity index is 1.78. The van der Waals surface area contributed by atoms with Crippen LogP contribution < -0.4 is 4.74 Å². The molecule has 0 aromatic heterocycles. The molecule has 2 aromatic carbocycles. The SMILES string of the molecule is COc1ccc(C(=O)C[C@@H]2OC(=O)c3ccccc32)cc1. The molecule has 0 aliphatic carbocycles. The van der Waals surface area contributed by atoms with E-state index in [0.717, 1.165) is 5.56 Å². The summed E-state index contributed by atoms with van der Waals surface area (Å²) in [6.07, 6.45) is -0.349. The van der Waals surface area contributed by atoms with Gasteiger partial charge in [0.15, 0.2) is 5.78 Å². The first-order valence-corrected chi connectivity index (χ1v) is 6.66. The van der Waals surface area contributed by atoms with E-state index in [2.05, 4.69) is 0 Å². The number of benzene rings is 2. The van der Waals surface area contributed by atoms with Gasteiger partial charge >= 0.3 is 5.97 Å². The Morgan fingerprint density at radius 3 is 2.57 bits per heavy atom. The summed E-state index contributed by atoms with van der Waals surface area (Å²) in [5.41, 5.74) is 1.91. The van der Waals surface area contributed by atoms with Crippen molar-refractivity contribution in [2.45, 2.75) is 12.5 Å². The van der Waals surface area contributed by atoms with Crippen molar-refractivity contribution in [3.63, 3.8) is 0 Å². The molecule has 3 rings (SSSR count). The number of hydrogen-bond donors (Lipinski definition) is 0. The van der Waals surface area contributed by atoms with Crippen molar-refractivity contribution in [1.82, 2.24) is 0 Å². The van der Waals surface area contributed by atoms with Gasteiger partial charge in [-0.15, -0.1) is 0 Å². The van der Waals surface area contributed by atoms with E-state index in [0.29, 0.717) is 16.9 Å². The molecule has 4 nitrogen and oxygen atoms in total. The average Bonchev–Trinajstić information content (AvgIpc) is 2.84. The topological polar surface area (TPSA) is 52.6 Å². The molecule has 0 fully saturated rings. The van der Waals surface area contributed by atoms with Gasteiger partial charge in [0.25, 0.3) is 0 Å². The van der Waals surface area contributed by atoms with Crippen molar-refractivity contribution in [1.29, 1.82) is 0 Å².